The zero-order valence-corrected chi connectivity index (χ0v) is 10.9. The minimum atomic E-state index is -0.363. The van der Waals surface area contributed by atoms with Gasteiger partial charge >= 0.3 is 0 Å². The molecule has 0 N–H and O–H groups in total. The lowest BCUT2D eigenvalue weighted by molar-refractivity contribution is 0.250. The van der Waals surface area contributed by atoms with Gasteiger partial charge in [-0.3, -0.25) is 0 Å². The van der Waals surface area contributed by atoms with Crippen molar-refractivity contribution in [2.24, 2.45) is 0 Å². The van der Waals surface area contributed by atoms with Crippen molar-refractivity contribution in [3.63, 3.8) is 0 Å². The van der Waals surface area contributed by atoms with Crippen molar-refractivity contribution in [2.45, 2.75) is 26.3 Å². The average molecular weight is 229 g/mol. The maximum Gasteiger partial charge on any atom is 0.133 e. The Bertz CT molecular complexity index is 538. The van der Waals surface area contributed by atoms with Crippen LogP contribution in [-0.2, 0) is 0 Å². The Labute approximate surface area is 103 Å². The maximum absolute atomic E-state index is 12.7. The molecule has 0 heterocycles. The Hall–Kier alpha value is -1.38. The van der Waals surface area contributed by atoms with Gasteiger partial charge in [-0.15, -0.1) is 0 Å². The Balaban J connectivity index is 2.57. The molecule has 0 saturated heterocycles. The maximum atomic E-state index is 12.7. The second-order valence-corrected chi connectivity index (χ2v) is 5.63. The molecule has 0 saturated carbocycles. The Morgan fingerprint density at radius 2 is 1.53 bits per heavy atom. The van der Waals surface area contributed by atoms with E-state index in [0.717, 1.165) is 11.1 Å². The van der Waals surface area contributed by atoms with Gasteiger partial charge in [0.1, 0.15) is 5.69 Å². The fourth-order valence-electron chi connectivity index (χ4n) is 1.83. The highest BCUT2D eigenvalue weighted by molar-refractivity contribution is 5.85. The second kappa shape index (κ2) is 3.83. The largest absolute Gasteiger partial charge is 0.627 e. The van der Waals surface area contributed by atoms with Gasteiger partial charge in [-0.1, -0.05) is 24.3 Å². The molecule has 2 nitrogen and oxygen atoms in total. The van der Waals surface area contributed by atoms with Crippen LogP contribution in [0.5, 0.6) is 0 Å². The normalized spacial score (nSPS) is 15.8. The van der Waals surface area contributed by atoms with E-state index in [-0.39, 0.29) is 10.2 Å². The first-order valence-electron chi connectivity index (χ1n) is 5.89. The van der Waals surface area contributed by atoms with Crippen molar-refractivity contribution in [3.05, 3.63) is 47.7 Å². The Morgan fingerprint density at radius 1 is 0.941 bits per heavy atom. The molecule has 0 aromatic heterocycles. The molecule has 2 aromatic carbocycles. The smallest absolute Gasteiger partial charge is 0.133 e. The predicted octanol–water partition coefficient (Wildman–Crippen LogP) is 4.07. The Kier molecular flexibility index (Phi) is 2.72. The van der Waals surface area contributed by atoms with E-state index in [2.05, 4.69) is 6.07 Å². The molecule has 0 bridgehead atoms. The number of hydrogen-bond acceptors (Lipinski definition) is 1. The van der Waals surface area contributed by atoms with Gasteiger partial charge in [0, 0.05) is 12.1 Å². The number of hydroxylamine groups is 2. The minimum Gasteiger partial charge on any atom is -0.627 e. The molecule has 1 unspecified atom stereocenters. The van der Waals surface area contributed by atoms with Gasteiger partial charge in [0.05, 0.1) is 12.6 Å². The van der Waals surface area contributed by atoms with Gasteiger partial charge in [0.25, 0.3) is 0 Å². The number of fused-ring (bicyclic) bond motifs is 1. The third-order valence-corrected chi connectivity index (χ3v) is 3.51. The summed E-state index contributed by atoms with van der Waals surface area (Å²) in [4.78, 5) is 0. The summed E-state index contributed by atoms with van der Waals surface area (Å²) in [7, 11) is 1.71. The van der Waals surface area contributed by atoms with Crippen LogP contribution >= 0.6 is 0 Å². The summed E-state index contributed by atoms with van der Waals surface area (Å²) in [5.74, 6) is 0. The summed E-state index contributed by atoms with van der Waals surface area (Å²) in [6.45, 7) is 5.90. The molecule has 0 radical (unpaired) electrons. The number of quaternary nitrogens is 1. The monoisotopic (exact) mass is 229 g/mol. The fraction of sp³-hybridized carbons (Fsp3) is 0.333. The number of rotatable bonds is 1. The van der Waals surface area contributed by atoms with Crippen LogP contribution in [0.2, 0.25) is 0 Å². The van der Waals surface area contributed by atoms with Crippen molar-refractivity contribution in [3.8, 4) is 0 Å². The molecule has 0 aliphatic heterocycles. The first kappa shape index (κ1) is 12.1. The van der Waals surface area contributed by atoms with Crippen LogP contribution in [0.1, 0.15) is 20.8 Å². The second-order valence-electron chi connectivity index (χ2n) is 5.63. The fourth-order valence-corrected chi connectivity index (χ4v) is 1.83. The van der Waals surface area contributed by atoms with E-state index < -0.39 is 0 Å². The standard InChI is InChI=1S/C15H19NO/c1-15(2,3)16(4,17)14-10-9-12-7-5-6-8-13(12)11-14/h5-11H,1-4H3. The molecule has 2 rings (SSSR count). The number of nitrogens with zero attached hydrogens (tertiary/aromatic N) is 1. The zero-order valence-electron chi connectivity index (χ0n) is 10.9. The van der Waals surface area contributed by atoms with Gasteiger partial charge in [0.15, 0.2) is 0 Å². The van der Waals surface area contributed by atoms with E-state index in [1.54, 1.807) is 7.05 Å². The van der Waals surface area contributed by atoms with E-state index in [1.807, 2.05) is 57.2 Å². The quantitative estimate of drug-likeness (QED) is 0.534. The van der Waals surface area contributed by atoms with Crippen molar-refractivity contribution >= 4 is 16.5 Å². The third-order valence-electron chi connectivity index (χ3n) is 3.51. The Morgan fingerprint density at radius 3 is 2.12 bits per heavy atom. The van der Waals surface area contributed by atoms with Crippen molar-refractivity contribution < 1.29 is 0 Å². The topological polar surface area (TPSA) is 23.1 Å². The molecule has 2 heteroatoms. The molecule has 0 spiro atoms. The molecule has 0 aliphatic carbocycles. The highest BCUT2D eigenvalue weighted by Crippen LogP contribution is 2.32. The highest BCUT2D eigenvalue weighted by Gasteiger charge is 2.30. The molecule has 1 atom stereocenters. The summed E-state index contributed by atoms with van der Waals surface area (Å²) in [5.41, 5.74) is 0.443. The minimum absolute atomic E-state index is 0.359. The van der Waals surface area contributed by atoms with E-state index in [4.69, 9.17) is 0 Å². The summed E-state index contributed by atoms with van der Waals surface area (Å²) >= 11 is 0. The van der Waals surface area contributed by atoms with Crippen LogP contribution in [0.25, 0.3) is 10.8 Å². The van der Waals surface area contributed by atoms with Crippen molar-refractivity contribution in [2.75, 3.05) is 7.05 Å². The van der Waals surface area contributed by atoms with Crippen LogP contribution in [0.3, 0.4) is 0 Å². The van der Waals surface area contributed by atoms with Gasteiger partial charge in [-0.05, 0) is 37.6 Å². The van der Waals surface area contributed by atoms with E-state index in [1.165, 1.54) is 5.39 Å². The average Bonchev–Trinajstić information content (AvgIpc) is 2.27. The van der Waals surface area contributed by atoms with Gasteiger partial charge in [-0.25, -0.2) is 0 Å². The molecule has 2 aromatic rings. The molecular weight excluding hydrogens is 210 g/mol. The van der Waals surface area contributed by atoms with E-state index >= 15 is 0 Å². The first-order valence-corrected chi connectivity index (χ1v) is 5.89. The molecular formula is C15H19NO. The predicted molar refractivity (Wildman–Crippen MR) is 74.8 cm³/mol. The van der Waals surface area contributed by atoms with E-state index in [0.29, 0.717) is 0 Å². The van der Waals surface area contributed by atoms with Crippen LogP contribution in [-0.4, -0.2) is 12.6 Å². The lowest BCUT2D eigenvalue weighted by Gasteiger charge is -2.49. The highest BCUT2D eigenvalue weighted by atomic mass is 16.5. The first-order chi connectivity index (χ1) is 7.82. The summed E-state index contributed by atoms with van der Waals surface area (Å²) in [6.07, 6.45) is 0. The summed E-state index contributed by atoms with van der Waals surface area (Å²) in [5, 5.41) is 15.0. The molecule has 0 fully saturated rings. The molecule has 0 aliphatic rings. The lowest BCUT2D eigenvalue weighted by Crippen LogP contribution is -2.53. The van der Waals surface area contributed by atoms with Crippen LogP contribution in [0.15, 0.2) is 42.5 Å². The summed E-state index contributed by atoms with van der Waals surface area (Å²) in [6, 6.07) is 14.1. The van der Waals surface area contributed by atoms with Crippen LogP contribution in [0, 0.1) is 5.21 Å². The van der Waals surface area contributed by atoms with E-state index in [9.17, 15) is 5.21 Å². The lowest BCUT2D eigenvalue weighted by atomic mass is 10.0. The van der Waals surface area contributed by atoms with Crippen LogP contribution in [0.4, 0.5) is 5.69 Å². The molecule has 90 valence electrons. The van der Waals surface area contributed by atoms with Gasteiger partial charge < -0.3 is 9.85 Å². The third kappa shape index (κ3) is 2.06. The van der Waals surface area contributed by atoms with Crippen molar-refractivity contribution in [1.29, 1.82) is 0 Å². The number of hydrogen-bond donors (Lipinski definition) is 0. The van der Waals surface area contributed by atoms with Crippen molar-refractivity contribution in [1.82, 2.24) is 4.65 Å². The SMILES string of the molecule is CC(C)(C)[N+](C)([O-])c1ccc2ccccc2c1. The molecule has 0 amide bonds. The molecule has 17 heavy (non-hydrogen) atoms. The summed E-state index contributed by atoms with van der Waals surface area (Å²) < 4.78 is -0.363. The van der Waals surface area contributed by atoms with Gasteiger partial charge in [0.2, 0.25) is 0 Å². The zero-order chi connectivity index (χ0) is 12.7. The van der Waals surface area contributed by atoms with Crippen LogP contribution < -0.4 is 4.65 Å². The van der Waals surface area contributed by atoms with Gasteiger partial charge in [-0.2, -0.15) is 0 Å². The number of benzene rings is 2.